The number of unbranched alkanes of at least 4 members (excludes halogenated alkanes) is 1. The molecular formula is C18H24IO5+. The van der Waals surface area contributed by atoms with Crippen LogP contribution in [0.1, 0.15) is 36.2 Å². The standard InChI is InChI=1S/C18H24IO5/c1-4-5-6-13-15-16(14(19)18(21-3)22-13)24-17(23-15)11-7-9-12(20-2)10-8-11/h7-10,13-16,18H,4-6H2,1-3H3/q+1/t13-,14+,15-,16+,18+/m1/s1. The van der Waals surface area contributed by atoms with E-state index < -0.39 is 0 Å². The monoisotopic (exact) mass is 447 g/mol. The normalized spacial score (nSPS) is 32.0. The third kappa shape index (κ3) is 3.55. The van der Waals surface area contributed by atoms with Gasteiger partial charge in [-0.3, -0.25) is 0 Å². The molecule has 1 aromatic rings. The van der Waals surface area contributed by atoms with Crippen LogP contribution in [0.2, 0.25) is 0 Å². The maximum Gasteiger partial charge on any atom is 0.520 e. The first-order chi connectivity index (χ1) is 11.7. The zero-order valence-electron chi connectivity index (χ0n) is 14.2. The number of fused-ring (bicyclic) bond motifs is 1. The molecule has 132 valence electrons. The zero-order chi connectivity index (χ0) is 17.1. The Balaban J connectivity index is 1.82. The fourth-order valence-electron chi connectivity index (χ4n) is 3.11. The van der Waals surface area contributed by atoms with E-state index in [9.17, 15) is 0 Å². The summed E-state index contributed by atoms with van der Waals surface area (Å²) in [6.07, 6.45) is 2.72. The van der Waals surface area contributed by atoms with Crippen LogP contribution in [-0.4, -0.2) is 48.7 Å². The van der Waals surface area contributed by atoms with Gasteiger partial charge in [-0.1, -0.05) is 42.4 Å². The quantitative estimate of drug-likeness (QED) is 0.290. The van der Waals surface area contributed by atoms with Gasteiger partial charge in [-0.05, 0) is 30.7 Å². The molecule has 1 saturated heterocycles. The summed E-state index contributed by atoms with van der Waals surface area (Å²) in [4.78, 5) is 0. The van der Waals surface area contributed by atoms with Gasteiger partial charge in [0.2, 0.25) is 0 Å². The van der Waals surface area contributed by atoms with Gasteiger partial charge in [0.05, 0.1) is 7.11 Å². The molecule has 24 heavy (non-hydrogen) atoms. The summed E-state index contributed by atoms with van der Waals surface area (Å²) in [6, 6.07) is 7.70. The average Bonchev–Trinajstić information content (AvgIpc) is 3.07. The molecule has 2 aliphatic heterocycles. The van der Waals surface area contributed by atoms with Gasteiger partial charge >= 0.3 is 5.97 Å². The Hall–Kier alpha value is -0.860. The molecule has 6 heteroatoms. The van der Waals surface area contributed by atoms with Gasteiger partial charge in [-0.2, -0.15) is 0 Å². The van der Waals surface area contributed by atoms with Gasteiger partial charge in [-0.25, -0.2) is 0 Å². The first-order valence-corrected chi connectivity index (χ1v) is 9.59. The van der Waals surface area contributed by atoms with Crippen molar-refractivity contribution in [3.63, 3.8) is 0 Å². The maximum absolute atomic E-state index is 6.17. The lowest BCUT2D eigenvalue weighted by Crippen LogP contribution is -2.54. The van der Waals surface area contributed by atoms with Crippen LogP contribution < -0.4 is 4.74 Å². The number of hydrogen-bond donors (Lipinski definition) is 0. The molecule has 0 spiro atoms. The number of hydrogen-bond acceptors (Lipinski definition) is 4. The van der Waals surface area contributed by atoms with Gasteiger partial charge in [0.15, 0.2) is 6.29 Å². The highest BCUT2D eigenvalue weighted by atomic mass is 127. The third-order valence-electron chi connectivity index (χ3n) is 4.46. The van der Waals surface area contributed by atoms with Crippen molar-refractivity contribution in [1.29, 1.82) is 0 Å². The van der Waals surface area contributed by atoms with E-state index in [1.165, 1.54) is 0 Å². The van der Waals surface area contributed by atoms with Crippen LogP contribution in [0.15, 0.2) is 24.3 Å². The van der Waals surface area contributed by atoms with Crippen molar-refractivity contribution < 1.29 is 23.4 Å². The minimum absolute atomic E-state index is 0.0123. The van der Waals surface area contributed by atoms with Crippen LogP contribution in [0.4, 0.5) is 0 Å². The van der Waals surface area contributed by atoms with Crippen molar-refractivity contribution in [1.82, 2.24) is 0 Å². The Morgan fingerprint density at radius 1 is 1.21 bits per heavy atom. The van der Waals surface area contributed by atoms with Gasteiger partial charge in [0, 0.05) is 7.11 Å². The predicted molar refractivity (Wildman–Crippen MR) is 99.0 cm³/mol. The van der Waals surface area contributed by atoms with E-state index in [2.05, 4.69) is 29.5 Å². The number of benzene rings is 1. The number of esters is 1. The molecule has 0 saturated carbocycles. The van der Waals surface area contributed by atoms with E-state index in [1.807, 2.05) is 24.3 Å². The summed E-state index contributed by atoms with van der Waals surface area (Å²) < 4.78 is 29.2. The molecule has 0 bridgehead atoms. The van der Waals surface area contributed by atoms with Crippen LogP contribution in [0.3, 0.4) is 0 Å². The van der Waals surface area contributed by atoms with Crippen molar-refractivity contribution in [3.05, 3.63) is 29.8 Å². The van der Waals surface area contributed by atoms with Crippen molar-refractivity contribution >= 4 is 28.6 Å². The van der Waals surface area contributed by atoms with Gasteiger partial charge in [0.1, 0.15) is 21.3 Å². The van der Waals surface area contributed by atoms with Gasteiger partial charge in [-0.15, -0.1) is 0 Å². The molecule has 0 unspecified atom stereocenters. The Morgan fingerprint density at radius 2 is 1.96 bits per heavy atom. The second-order valence-corrected chi connectivity index (χ2v) is 7.48. The topological polar surface area (TPSA) is 48.2 Å². The molecule has 5 nitrogen and oxygen atoms in total. The molecule has 0 aromatic heterocycles. The Labute approximate surface area is 156 Å². The van der Waals surface area contributed by atoms with Crippen LogP contribution in [0.25, 0.3) is 0 Å². The molecule has 0 aliphatic carbocycles. The highest BCUT2D eigenvalue weighted by molar-refractivity contribution is 14.1. The first kappa shape index (κ1) is 17.9. The number of alkyl halides is 1. The highest BCUT2D eigenvalue weighted by Crippen LogP contribution is 2.36. The Morgan fingerprint density at radius 3 is 2.58 bits per heavy atom. The molecule has 1 fully saturated rings. The lowest BCUT2D eigenvalue weighted by atomic mass is 9.97. The smallest absolute Gasteiger partial charge is 0.497 e. The fraction of sp³-hybridized carbons (Fsp3) is 0.611. The predicted octanol–water partition coefficient (Wildman–Crippen LogP) is 3.50. The second-order valence-electron chi connectivity index (χ2n) is 6.05. The zero-order valence-corrected chi connectivity index (χ0v) is 16.4. The molecule has 2 aliphatic rings. The summed E-state index contributed by atoms with van der Waals surface area (Å²) in [6.45, 7) is 2.18. The molecule has 2 heterocycles. The minimum atomic E-state index is -0.271. The number of carbonyl (C=O) groups excluding carboxylic acids is 1. The molecule has 0 amide bonds. The minimum Gasteiger partial charge on any atom is -0.497 e. The number of halogens is 1. The molecule has 0 radical (unpaired) electrons. The molecule has 5 atom stereocenters. The summed E-state index contributed by atoms with van der Waals surface area (Å²) in [5.41, 5.74) is 0.914. The van der Waals surface area contributed by atoms with E-state index in [0.717, 1.165) is 30.6 Å². The third-order valence-corrected chi connectivity index (χ3v) is 5.76. The van der Waals surface area contributed by atoms with Crippen LogP contribution in [0, 0.1) is 0 Å². The summed E-state index contributed by atoms with van der Waals surface area (Å²) in [5, 5.41) is 0. The summed E-state index contributed by atoms with van der Waals surface area (Å²) >= 11 is 2.34. The Bertz CT molecular complexity index is 573. The average molecular weight is 447 g/mol. The number of methoxy groups -OCH3 is 2. The Kier molecular flexibility index (Phi) is 5.99. The van der Waals surface area contributed by atoms with Crippen LogP contribution in [-0.2, 0) is 14.2 Å². The second kappa shape index (κ2) is 8.01. The van der Waals surface area contributed by atoms with Crippen molar-refractivity contribution in [2.45, 2.75) is 54.7 Å². The van der Waals surface area contributed by atoms with E-state index >= 15 is 0 Å². The van der Waals surface area contributed by atoms with Crippen LogP contribution in [0.5, 0.6) is 5.75 Å². The van der Waals surface area contributed by atoms with Crippen molar-refractivity contribution in [2.24, 2.45) is 0 Å². The van der Waals surface area contributed by atoms with Crippen molar-refractivity contribution in [3.8, 4) is 5.75 Å². The molecule has 1 aromatic carbocycles. The fourth-order valence-corrected chi connectivity index (χ4v) is 4.13. The lowest BCUT2D eigenvalue weighted by molar-refractivity contribution is -0.375. The molecular weight excluding hydrogens is 423 g/mol. The van der Waals surface area contributed by atoms with E-state index in [4.69, 9.17) is 23.4 Å². The lowest BCUT2D eigenvalue weighted by Gasteiger charge is -2.34. The largest absolute Gasteiger partial charge is 0.520 e. The molecule has 3 rings (SSSR count). The maximum atomic E-state index is 6.17. The highest BCUT2D eigenvalue weighted by Gasteiger charge is 2.58. The first-order valence-electron chi connectivity index (χ1n) is 8.35. The van der Waals surface area contributed by atoms with Crippen LogP contribution >= 0.6 is 22.6 Å². The number of rotatable bonds is 6. The SMILES string of the molecule is CCCC[C@H]1O[C@H](OC)[C@@H](I)[C@@H]2OC(c3ccc(OC)cc3)=[O+][C@@H]21. The van der Waals surface area contributed by atoms with E-state index in [-0.39, 0.29) is 28.5 Å². The summed E-state index contributed by atoms with van der Waals surface area (Å²) in [5.74, 6) is 1.38. The molecule has 0 N–H and O–H groups in total. The van der Waals surface area contributed by atoms with Gasteiger partial charge < -0.3 is 23.4 Å². The van der Waals surface area contributed by atoms with Gasteiger partial charge in [0.25, 0.3) is 12.2 Å². The van der Waals surface area contributed by atoms with E-state index in [0.29, 0.717) is 5.97 Å². The summed E-state index contributed by atoms with van der Waals surface area (Å²) in [7, 11) is 3.33. The number of ether oxygens (including phenoxy) is 4. The van der Waals surface area contributed by atoms with Crippen molar-refractivity contribution in [2.75, 3.05) is 14.2 Å². The van der Waals surface area contributed by atoms with E-state index in [1.54, 1.807) is 14.2 Å².